The average molecular weight is 723 g/mol. The molecule has 3 aromatic heterocycles. The molecule has 9 nitrogen and oxygen atoms in total. The Labute approximate surface area is 262 Å². The zero-order chi connectivity index (χ0) is 29.4. The zero-order valence-electron chi connectivity index (χ0n) is 22.1. The number of aromatic nitrogens is 3. The van der Waals surface area contributed by atoms with Crippen molar-refractivity contribution in [1.82, 2.24) is 15.0 Å². The number of halogens is 3. The van der Waals surface area contributed by atoms with Crippen molar-refractivity contribution in [1.29, 1.82) is 5.41 Å². The lowest BCUT2D eigenvalue weighted by Gasteiger charge is -2.27. The van der Waals surface area contributed by atoms with Crippen molar-refractivity contribution in [2.45, 2.75) is 13.0 Å². The molecule has 13 heteroatoms. The summed E-state index contributed by atoms with van der Waals surface area (Å²) in [5, 5.41) is 13.2. The molecule has 2 atom stereocenters. The number of pyridine rings is 3. The van der Waals surface area contributed by atoms with Crippen molar-refractivity contribution in [2.24, 2.45) is 0 Å². The largest absolute Gasteiger partial charge is 0.486 e. The molecule has 2 N–H and O–H groups in total. The van der Waals surface area contributed by atoms with Gasteiger partial charge in [0, 0.05) is 60.6 Å². The summed E-state index contributed by atoms with van der Waals surface area (Å²) in [6.07, 6.45) is 7.11. The van der Waals surface area contributed by atoms with Gasteiger partial charge in [-0.2, -0.15) is 0 Å². The molecule has 0 spiro atoms. The molecule has 0 amide bonds. The van der Waals surface area contributed by atoms with Crippen LogP contribution in [0.5, 0.6) is 11.6 Å². The van der Waals surface area contributed by atoms with E-state index < -0.39 is 6.10 Å². The summed E-state index contributed by atoms with van der Waals surface area (Å²) in [7, 11) is 1.99. The van der Waals surface area contributed by atoms with E-state index in [4.69, 9.17) is 38.1 Å². The Morgan fingerprint density at radius 2 is 1.98 bits per heavy atom. The summed E-state index contributed by atoms with van der Waals surface area (Å²) in [4.78, 5) is 24.2. The summed E-state index contributed by atoms with van der Waals surface area (Å²) < 4.78 is 11.8. The van der Waals surface area contributed by atoms with Gasteiger partial charge in [-0.3, -0.25) is 20.2 Å². The van der Waals surface area contributed by atoms with E-state index in [2.05, 4.69) is 47.0 Å². The molecule has 1 aromatic carbocycles. The number of likely N-dealkylation sites (N-methyl/N-ethyl adjacent to an activating group) is 1. The lowest BCUT2D eigenvalue weighted by Crippen LogP contribution is -2.29. The maximum atomic E-state index is 9.94. The first-order valence-electron chi connectivity index (χ1n) is 12.3. The lowest BCUT2D eigenvalue weighted by molar-refractivity contribution is 0.111. The molecule has 4 heterocycles. The predicted octanol–water partition coefficient (Wildman–Crippen LogP) is 7.42. The van der Waals surface area contributed by atoms with Crippen molar-refractivity contribution in [3.05, 3.63) is 99.7 Å². The second kappa shape index (κ2) is 14.7. The third kappa shape index (κ3) is 7.82. The summed E-state index contributed by atoms with van der Waals surface area (Å²) in [5.74, 6) is 1.18. The van der Waals surface area contributed by atoms with Crippen LogP contribution in [0.2, 0.25) is 10.0 Å². The molecule has 212 valence electrons. The van der Waals surface area contributed by atoms with Gasteiger partial charge in [0.05, 0.1) is 22.3 Å². The standard InChI is InChI=1S/C22H21Cl2IN5O2P.C6H5NO/c1-12(20-16(23)10-27-11-17(20)24)32-14-3-4-18(29-33-25)15(8-14)21(26)13-7-19-22(28-9-13)31-6-5-30(19)2;8-5-6-3-1-2-4-7-6/h3-4,7-12,26,29,33H,5-6H2,1-2H3;1-5H/t12-;/m1./s1. The molecule has 0 fully saturated rings. The fourth-order valence-electron chi connectivity index (χ4n) is 4.00. The molecule has 41 heavy (non-hydrogen) atoms. The Bertz CT molecular complexity index is 1510. The van der Waals surface area contributed by atoms with E-state index in [0.717, 1.165) is 24.2 Å². The summed E-state index contributed by atoms with van der Waals surface area (Å²) in [6.45, 7) is 3.25. The van der Waals surface area contributed by atoms with Gasteiger partial charge >= 0.3 is 0 Å². The highest BCUT2D eigenvalue weighted by Gasteiger charge is 2.21. The van der Waals surface area contributed by atoms with Crippen molar-refractivity contribution >= 4 is 75.0 Å². The maximum Gasteiger partial charge on any atom is 0.237 e. The van der Waals surface area contributed by atoms with Gasteiger partial charge in [-0.05, 0) is 65.4 Å². The number of anilines is 2. The van der Waals surface area contributed by atoms with Gasteiger partial charge in [0.15, 0.2) is 6.29 Å². The SMILES string of the molecule is C[C@@H](Oc1ccc(NPI)c(C(=N)c2cnc3c(c2)N(C)CCO3)c1)c1c(Cl)cncc1Cl.O=Cc1ccccn1. The number of ether oxygens (including phenoxy) is 2. The minimum atomic E-state index is -0.406. The lowest BCUT2D eigenvalue weighted by atomic mass is 10.0. The normalized spacial score (nSPS) is 13.0. The quantitative estimate of drug-likeness (QED) is 0.0837. The number of hydrogen-bond donors (Lipinski definition) is 2. The van der Waals surface area contributed by atoms with Gasteiger partial charge in [-0.1, -0.05) is 29.3 Å². The van der Waals surface area contributed by atoms with E-state index >= 15 is 0 Å². The Hall–Kier alpha value is -3.05. The first-order chi connectivity index (χ1) is 19.8. The van der Waals surface area contributed by atoms with Gasteiger partial charge in [0.25, 0.3) is 0 Å². The second-order valence-corrected chi connectivity index (χ2v) is 11.6. The number of benzene rings is 1. The smallest absolute Gasteiger partial charge is 0.237 e. The van der Waals surface area contributed by atoms with Crippen molar-refractivity contribution < 1.29 is 14.3 Å². The van der Waals surface area contributed by atoms with Crippen LogP contribution in [-0.2, 0) is 0 Å². The van der Waals surface area contributed by atoms with Gasteiger partial charge in [0.2, 0.25) is 5.88 Å². The van der Waals surface area contributed by atoms with E-state index in [1.54, 1.807) is 43.0 Å². The second-order valence-electron chi connectivity index (χ2n) is 8.77. The highest BCUT2D eigenvalue weighted by atomic mass is 127. The van der Waals surface area contributed by atoms with Crippen LogP contribution < -0.4 is 19.5 Å². The average Bonchev–Trinajstić information content (AvgIpc) is 2.98. The predicted molar refractivity (Wildman–Crippen MR) is 174 cm³/mol. The van der Waals surface area contributed by atoms with Crippen LogP contribution in [0.1, 0.15) is 40.2 Å². The van der Waals surface area contributed by atoms with Crippen LogP contribution in [0.3, 0.4) is 0 Å². The van der Waals surface area contributed by atoms with Crippen LogP contribution in [0, 0.1) is 5.41 Å². The fraction of sp³-hybridized carbons (Fsp3) is 0.179. The number of nitrogens with one attached hydrogen (secondary N) is 2. The molecule has 0 aliphatic carbocycles. The number of hydrogen-bond acceptors (Lipinski definition) is 9. The number of carbonyl (C=O) groups excluding carboxylic acids is 1. The van der Waals surface area contributed by atoms with Crippen LogP contribution in [0.4, 0.5) is 11.4 Å². The van der Waals surface area contributed by atoms with Crippen molar-refractivity contribution in [3.63, 3.8) is 0 Å². The van der Waals surface area contributed by atoms with Crippen LogP contribution in [-0.4, -0.2) is 47.1 Å². The van der Waals surface area contributed by atoms with Crippen molar-refractivity contribution in [3.8, 4) is 11.6 Å². The number of nitrogens with zero attached hydrogens (tertiary/aromatic N) is 4. The van der Waals surface area contributed by atoms with Crippen LogP contribution >= 0.6 is 51.6 Å². The van der Waals surface area contributed by atoms with E-state index in [1.807, 2.05) is 38.2 Å². The van der Waals surface area contributed by atoms with E-state index in [-0.39, 0.29) is 0 Å². The Morgan fingerprint density at radius 3 is 2.63 bits per heavy atom. The first kappa shape index (κ1) is 30.9. The first-order valence-corrected chi connectivity index (χ1v) is 17.2. The molecule has 4 aromatic rings. The Morgan fingerprint density at radius 1 is 1.20 bits per heavy atom. The Balaban J connectivity index is 0.000000417. The molecule has 0 radical (unpaired) electrons. The van der Waals surface area contributed by atoms with Gasteiger partial charge in [-0.15, -0.1) is 0 Å². The summed E-state index contributed by atoms with van der Waals surface area (Å²) >= 11 is 14.9. The maximum absolute atomic E-state index is 9.94. The number of aldehydes is 1. The van der Waals surface area contributed by atoms with E-state index in [0.29, 0.717) is 62.8 Å². The molecule has 1 aliphatic heterocycles. The molecule has 5 rings (SSSR count). The molecule has 0 bridgehead atoms. The zero-order valence-corrected chi connectivity index (χ0v) is 26.7. The minimum absolute atomic E-state index is 0.333. The molecule has 1 aliphatic rings. The third-order valence-electron chi connectivity index (χ3n) is 6.06. The molecule has 0 saturated heterocycles. The molecular formula is C28H26Cl2IN6O3P. The van der Waals surface area contributed by atoms with E-state index in [1.165, 1.54) is 0 Å². The van der Waals surface area contributed by atoms with Crippen LogP contribution in [0.15, 0.2) is 67.3 Å². The number of fused-ring (bicyclic) bond motifs is 1. The van der Waals surface area contributed by atoms with Gasteiger partial charge in [-0.25, -0.2) is 4.98 Å². The van der Waals surface area contributed by atoms with Crippen LogP contribution in [0.25, 0.3) is 0 Å². The molecular weight excluding hydrogens is 697 g/mol. The van der Waals surface area contributed by atoms with Gasteiger partial charge < -0.3 is 19.5 Å². The number of carbonyl (C=O) groups is 1. The third-order valence-corrected chi connectivity index (χ3v) is 7.83. The monoisotopic (exact) mass is 722 g/mol. The number of rotatable bonds is 8. The highest BCUT2D eigenvalue weighted by Crippen LogP contribution is 2.36. The molecule has 0 saturated carbocycles. The summed E-state index contributed by atoms with van der Waals surface area (Å²) in [5.41, 5.74) is 4.59. The topological polar surface area (TPSA) is 113 Å². The summed E-state index contributed by atoms with van der Waals surface area (Å²) in [6, 6.07) is 12.8. The minimum Gasteiger partial charge on any atom is -0.486 e. The highest BCUT2D eigenvalue weighted by molar-refractivity contribution is 14.2. The van der Waals surface area contributed by atoms with E-state index in [9.17, 15) is 4.79 Å². The van der Waals surface area contributed by atoms with Gasteiger partial charge in [0.1, 0.15) is 29.8 Å². The molecule has 1 unspecified atom stereocenters. The van der Waals surface area contributed by atoms with Crippen molar-refractivity contribution in [2.75, 3.05) is 30.2 Å². The Kier molecular flexibility index (Phi) is 11.1. The fourth-order valence-corrected chi connectivity index (χ4v) is 5.86.